The fourth-order valence-electron chi connectivity index (χ4n) is 2.27. The molecule has 1 aromatic carbocycles. The number of hydrogen-bond acceptors (Lipinski definition) is 4. The smallest absolute Gasteiger partial charge is 0.311 e. The van der Waals surface area contributed by atoms with Gasteiger partial charge in [0.05, 0.1) is 5.25 Å². The maximum Gasteiger partial charge on any atom is 0.311 e. The van der Waals surface area contributed by atoms with Crippen molar-refractivity contribution in [1.29, 1.82) is 0 Å². The van der Waals surface area contributed by atoms with Gasteiger partial charge < -0.3 is 9.08 Å². The molecule has 0 bridgehead atoms. The lowest BCUT2D eigenvalue weighted by Crippen LogP contribution is -2.34. The van der Waals surface area contributed by atoms with Crippen molar-refractivity contribution in [3.8, 4) is 5.75 Å². The van der Waals surface area contributed by atoms with Crippen LogP contribution in [0.4, 0.5) is 0 Å². The minimum absolute atomic E-state index is 0.145. The van der Waals surface area contributed by atoms with E-state index < -0.39 is 15.4 Å². The summed E-state index contributed by atoms with van der Waals surface area (Å²) < 4.78 is 28.7. The first-order chi connectivity index (χ1) is 11.5. The van der Waals surface area contributed by atoms with E-state index in [1.165, 1.54) is 0 Å². The third kappa shape index (κ3) is 7.46. The highest BCUT2D eigenvalue weighted by Gasteiger charge is 2.19. The second-order valence-electron chi connectivity index (χ2n) is 7.53. The number of rotatable bonds is 9. The fraction of sp³-hybridized carbons (Fsp3) is 0.632. The van der Waals surface area contributed by atoms with Gasteiger partial charge in [0.1, 0.15) is 5.75 Å². The zero-order valence-corrected chi connectivity index (χ0v) is 17.0. The van der Waals surface area contributed by atoms with E-state index in [0.29, 0.717) is 37.1 Å². The van der Waals surface area contributed by atoms with E-state index in [0.717, 1.165) is 5.56 Å². The van der Waals surface area contributed by atoms with Gasteiger partial charge in [-0.3, -0.25) is 4.79 Å². The van der Waals surface area contributed by atoms with Crippen LogP contribution in [0.25, 0.3) is 0 Å². The van der Waals surface area contributed by atoms with Gasteiger partial charge >= 0.3 is 10.1 Å². The molecule has 0 aliphatic carbocycles. The lowest BCUT2D eigenvalue weighted by atomic mass is 10.1. The SMILES string of the molecule is CC(C)CC(=O)N(Cc1ccc(OS(=O)(=O)C(C)C)cc1)CC(C)C. The summed E-state index contributed by atoms with van der Waals surface area (Å²) in [5.41, 5.74) is 0.951. The van der Waals surface area contributed by atoms with Crippen LogP contribution in [-0.2, 0) is 21.5 Å². The molecule has 1 amide bonds. The predicted molar refractivity (Wildman–Crippen MR) is 101 cm³/mol. The van der Waals surface area contributed by atoms with Crippen molar-refractivity contribution < 1.29 is 17.4 Å². The Morgan fingerprint density at radius 3 is 2.00 bits per heavy atom. The molecule has 0 aromatic heterocycles. The van der Waals surface area contributed by atoms with E-state index >= 15 is 0 Å². The first-order valence-electron chi connectivity index (χ1n) is 8.81. The van der Waals surface area contributed by atoms with Gasteiger partial charge in [-0.05, 0) is 43.4 Å². The molecule has 1 aromatic rings. The molecule has 1 rings (SSSR count). The molecule has 0 saturated heterocycles. The Hall–Kier alpha value is -1.56. The maximum atomic E-state index is 12.4. The Labute approximate surface area is 152 Å². The van der Waals surface area contributed by atoms with Crippen LogP contribution in [0.2, 0.25) is 0 Å². The molecule has 25 heavy (non-hydrogen) atoms. The lowest BCUT2D eigenvalue weighted by molar-refractivity contribution is -0.133. The summed E-state index contributed by atoms with van der Waals surface area (Å²) >= 11 is 0. The molecule has 0 saturated carbocycles. The number of hydrogen-bond donors (Lipinski definition) is 0. The highest BCUT2D eigenvalue weighted by atomic mass is 32.2. The summed E-state index contributed by atoms with van der Waals surface area (Å²) in [6, 6.07) is 6.88. The van der Waals surface area contributed by atoms with Crippen molar-refractivity contribution in [2.75, 3.05) is 6.54 Å². The summed E-state index contributed by atoms with van der Waals surface area (Å²) in [5.74, 6) is 1.14. The van der Waals surface area contributed by atoms with Gasteiger partial charge in [0.15, 0.2) is 0 Å². The largest absolute Gasteiger partial charge is 0.382 e. The van der Waals surface area contributed by atoms with Crippen molar-refractivity contribution in [2.45, 2.75) is 59.8 Å². The minimum atomic E-state index is -3.59. The van der Waals surface area contributed by atoms with Crippen molar-refractivity contribution in [3.05, 3.63) is 29.8 Å². The van der Waals surface area contributed by atoms with E-state index in [9.17, 15) is 13.2 Å². The van der Waals surface area contributed by atoms with Gasteiger partial charge in [0.2, 0.25) is 5.91 Å². The number of nitrogens with zero attached hydrogens (tertiary/aromatic N) is 1. The second-order valence-corrected chi connectivity index (χ2v) is 9.63. The molecule has 0 radical (unpaired) electrons. The second kappa shape index (κ2) is 9.22. The summed E-state index contributed by atoms with van der Waals surface area (Å²) in [4.78, 5) is 14.3. The molecule has 0 heterocycles. The van der Waals surface area contributed by atoms with E-state index in [4.69, 9.17) is 4.18 Å². The molecule has 0 N–H and O–H groups in total. The molecule has 0 aliphatic rings. The van der Waals surface area contributed by atoms with Crippen molar-refractivity contribution in [2.24, 2.45) is 11.8 Å². The Kier molecular flexibility index (Phi) is 7.93. The molecule has 0 unspecified atom stereocenters. The summed E-state index contributed by atoms with van der Waals surface area (Å²) in [6.45, 7) is 12.6. The van der Waals surface area contributed by atoms with Crippen LogP contribution in [-0.4, -0.2) is 31.0 Å². The molecule has 0 atom stereocenters. The standard InChI is InChI=1S/C19H31NO4S/c1-14(2)11-19(21)20(12-15(3)4)13-17-7-9-18(10-8-17)24-25(22,23)16(5)6/h7-10,14-16H,11-13H2,1-6H3. The summed E-state index contributed by atoms with van der Waals surface area (Å²) in [6.07, 6.45) is 0.528. The molecule has 6 heteroatoms. The zero-order valence-electron chi connectivity index (χ0n) is 16.2. The zero-order chi connectivity index (χ0) is 19.2. The quantitative estimate of drug-likeness (QED) is 0.621. The third-order valence-corrected chi connectivity index (χ3v) is 5.19. The minimum Gasteiger partial charge on any atom is -0.382 e. The van der Waals surface area contributed by atoms with Crippen LogP contribution in [0.1, 0.15) is 53.5 Å². The average molecular weight is 370 g/mol. The van der Waals surface area contributed by atoms with Gasteiger partial charge in [-0.25, -0.2) is 0 Å². The highest BCUT2D eigenvalue weighted by molar-refractivity contribution is 7.87. The van der Waals surface area contributed by atoms with Gasteiger partial charge in [-0.1, -0.05) is 39.8 Å². The molecule has 5 nitrogen and oxygen atoms in total. The first kappa shape index (κ1) is 21.5. The Balaban J connectivity index is 2.83. The average Bonchev–Trinajstić information content (AvgIpc) is 2.46. The molecule has 142 valence electrons. The molecule has 0 spiro atoms. The molecular weight excluding hydrogens is 338 g/mol. The van der Waals surface area contributed by atoms with Crippen LogP contribution in [0.15, 0.2) is 24.3 Å². The third-order valence-electron chi connectivity index (χ3n) is 3.61. The summed E-state index contributed by atoms with van der Waals surface area (Å²) in [7, 11) is -3.59. The van der Waals surface area contributed by atoms with Crippen LogP contribution >= 0.6 is 0 Å². The van der Waals surface area contributed by atoms with E-state index in [2.05, 4.69) is 13.8 Å². The Morgan fingerprint density at radius 2 is 1.56 bits per heavy atom. The number of carbonyl (C=O) groups excluding carboxylic acids is 1. The van der Waals surface area contributed by atoms with E-state index in [1.807, 2.05) is 18.7 Å². The number of benzene rings is 1. The highest BCUT2D eigenvalue weighted by Crippen LogP contribution is 2.18. The van der Waals surface area contributed by atoms with Gasteiger partial charge in [-0.15, -0.1) is 0 Å². The molecule has 0 aliphatic heterocycles. The normalized spacial score (nSPS) is 12.0. The van der Waals surface area contributed by atoms with Gasteiger partial charge in [0.25, 0.3) is 0 Å². The monoisotopic (exact) mass is 369 g/mol. The Morgan fingerprint density at radius 1 is 1.00 bits per heavy atom. The Bertz CT molecular complexity index is 649. The molecule has 0 fully saturated rings. The van der Waals surface area contributed by atoms with Crippen LogP contribution < -0.4 is 4.18 Å². The van der Waals surface area contributed by atoms with E-state index in [1.54, 1.807) is 38.1 Å². The maximum absolute atomic E-state index is 12.4. The number of carbonyl (C=O) groups is 1. The predicted octanol–water partition coefficient (Wildman–Crippen LogP) is 3.83. The van der Waals surface area contributed by atoms with Crippen molar-refractivity contribution in [3.63, 3.8) is 0 Å². The van der Waals surface area contributed by atoms with Crippen LogP contribution in [0.3, 0.4) is 0 Å². The van der Waals surface area contributed by atoms with Crippen molar-refractivity contribution >= 4 is 16.0 Å². The van der Waals surface area contributed by atoms with Crippen LogP contribution in [0.5, 0.6) is 5.75 Å². The van der Waals surface area contributed by atoms with Gasteiger partial charge in [0, 0.05) is 19.5 Å². The number of amides is 1. The van der Waals surface area contributed by atoms with Crippen LogP contribution in [0, 0.1) is 11.8 Å². The van der Waals surface area contributed by atoms with Crippen molar-refractivity contribution in [1.82, 2.24) is 4.90 Å². The van der Waals surface area contributed by atoms with Gasteiger partial charge in [-0.2, -0.15) is 8.42 Å². The fourth-order valence-corrected chi connectivity index (χ4v) is 2.85. The summed E-state index contributed by atoms with van der Waals surface area (Å²) in [5, 5.41) is -0.595. The lowest BCUT2D eigenvalue weighted by Gasteiger charge is -2.25. The first-order valence-corrected chi connectivity index (χ1v) is 10.3. The topological polar surface area (TPSA) is 63.7 Å². The van der Waals surface area contributed by atoms with E-state index in [-0.39, 0.29) is 5.91 Å². The molecular formula is C19H31NO4S.